The van der Waals surface area contributed by atoms with E-state index >= 15 is 0 Å². The largest absolute Gasteiger partial charge is 0.341 e. The van der Waals surface area contributed by atoms with Gasteiger partial charge in [-0.3, -0.25) is 4.79 Å². The Balaban J connectivity index is 1.89. The maximum absolute atomic E-state index is 11.6. The van der Waals surface area contributed by atoms with Crippen molar-refractivity contribution in [2.75, 3.05) is 13.1 Å². The molecule has 1 aliphatic rings. The summed E-state index contributed by atoms with van der Waals surface area (Å²) in [5.41, 5.74) is 1.39. The van der Waals surface area contributed by atoms with Gasteiger partial charge in [-0.2, -0.15) is 0 Å². The summed E-state index contributed by atoms with van der Waals surface area (Å²) in [7, 11) is 0. The number of nitrogens with zero attached hydrogens (tertiary/aromatic N) is 1. The molecule has 4 heteroatoms. The molecule has 106 valence electrons. The molecule has 19 heavy (non-hydrogen) atoms. The van der Waals surface area contributed by atoms with Gasteiger partial charge in [0.25, 0.3) is 0 Å². The molecular weight excluding hydrogens is 256 g/mol. The molecule has 1 N–H and O–H groups in total. The van der Waals surface area contributed by atoms with Crippen LogP contribution < -0.4 is 5.32 Å². The number of hydrogen-bond acceptors (Lipinski definition) is 3. The maximum atomic E-state index is 11.6. The second kappa shape index (κ2) is 6.06. The van der Waals surface area contributed by atoms with Gasteiger partial charge in [0.15, 0.2) is 0 Å². The summed E-state index contributed by atoms with van der Waals surface area (Å²) in [4.78, 5) is 16.4. The Morgan fingerprint density at radius 2 is 2.16 bits per heavy atom. The molecule has 1 amide bonds. The zero-order chi connectivity index (χ0) is 14.0. The molecule has 3 nitrogen and oxygen atoms in total. The third kappa shape index (κ3) is 3.57. The normalized spacial score (nSPS) is 18.9. The second-order valence-electron chi connectivity index (χ2n) is 5.60. The van der Waals surface area contributed by atoms with Crippen LogP contribution in [0.25, 0.3) is 0 Å². The molecule has 0 aromatic carbocycles. The molecule has 1 aromatic rings. The lowest BCUT2D eigenvalue weighted by Crippen LogP contribution is -2.40. The molecule has 2 atom stereocenters. The van der Waals surface area contributed by atoms with Gasteiger partial charge in [0, 0.05) is 41.3 Å². The van der Waals surface area contributed by atoms with Crippen LogP contribution in [0.4, 0.5) is 0 Å². The summed E-state index contributed by atoms with van der Waals surface area (Å²) in [6, 6.07) is 2.94. The quantitative estimate of drug-likeness (QED) is 0.899. The maximum Gasteiger partial charge on any atom is 0.222 e. The van der Waals surface area contributed by atoms with Crippen LogP contribution in [0.5, 0.6) is 0 Å². The third-order valence-electron chi connectivity index (χ3n) is 3.75. The first kappa shape index (κ1) is 14.5. The minimum absolute atomic E-state index is 0.309. The van der Waals surface area contributed by atoms with Crippen LogP contribution in [-0.4, -0.2) is 29.9 Å². The van der Waals surface area contributed by atoms with Crippen molar-refractivity contribution >= 4 is 17.2 Å². The molecule has 0 aliphatic carbocycles. The molecule has 1 aromatic heterocycles. The van der Waals surface area contributed by atoms with Gasteiger partial charge in [0.1, 0.15) is 0 Å². The van der Waals surface area contributed by atoms with Crippen LogP contribution in [-0.2, 0) is 4.79 Å². The summed E-state index contributed by atoms with van der Waals surface area (Å²) >= 11 is 1.85. The Morgan fingerprint density at radius 1 is 1.42 bits per heavy atom. The van der Waals surface area contributed by atoms with Crippen molar-refractivity contribution in [3.63, 3.8) is 0 Å². The zero-order valence-corrected chi connectivity index (χ0v) is 13.1. The van der Waals surface area contributed by atoms with Crippen LogP contribution in [0.15, 0.2) is 6.07 Å². The minimum atomic E-state index is 0.309. The third-order valence-corrected chi connectivity index (χ3v) is 4.73. The highest BCUT2D eigenvalue weighted by atomic mass is 32.1. The highest BCUT2D eigenvalue weighted by Gasteiger charge is 2.22. The number of carbonyl (C=O) groups is 1. The molecule has 0 spiro atoms. The molecule has 2 rings (SSSR count). The number of amides is 1. The van der Waals surface area contributed by atoms with Crippen molar-refractivity contribution in [3.8, 4) is 0 Å². The van der Waals surface area contributed by atoms with Crippen molar-refractivity contribution in [1.29, 1.82) is 0 Å². The Morgan fingerprint density at radius 3 is 2.68 bits per heavy atom. The molecule has 2 heterocycles. The predicted molar refractivity (Wildman–Crippen MR) is 80.6 cm³/mol. The van der Waals surface area contributed by atoms with E-state index in [1.54, 1.807) is 0 Å². The highest BCUT2D eigenvalue weighted by Crippen LogP contribution is 2.26. The number of rotatable bonds is 5. The van der Waals surface area contributed by atoms with E-state index in [1.807, 2.05) is 16.2 Å². The SMILES string of the molecule is Cc1cc(C(C)NC(C)CN2CCCC2=O)c(C)s1. The highest BCUT2D eigenvalue weighted by molar-refractivity contribution is 7.12. The van der Waals surface area contributed by atoms with E-state index in [0.29, 0.717) is 18.0 Å². The lowest BCUT2D eigenvalue weighted by molar-refractivity contribution is -0.127. The fourth-order valence-corrected chi connectivity index (χ4v) is 3.90. The van der Waals surface area contributed by atoms with E-state index in [9.17, 15) is 4.79 Å². The summed E-state index contributed by atoms with van der Waals surface area (Å²) < 4.78 is 0. The topological polar surface area (TPSA) is 32.3 Å². The summed E-state index contributed by atoms with van der Waals surface area (Å²) in [6.07, 6.45) is 1.75. The van der Waals surface area contributed by atoms with Gasteiger partial charge in [-0.1, -0.05) is 0 Å². The minimum Gasteiger partial charge on any atom is -0.341 e. The molecule has 2 unspecified atom stereocenters. The Hall–Kier alpha value is -0.870. The van der Waals surface area contributed by atoms with Crippen molar-refractivity contribution in [3.05, 3.63) is 21.4 Å². The molecule has 0 bridgehead atoms. The Labute approximate surface area is 120 Å². The molecule has 1 saturated heterocycles. The van der Waals surface area contributed by atoms with Crippen LogP contribution in [0.2, 0.25) is 0 Å². The van der Waals surface area contributed by atoms with E-state index in [0.717, 1.165) is 25.9 Å². The van der Waals surface area contributed by atoms with Crippen LogP contribution >= 0.6 is 11.3 Å². The van der Waals surface area contributed by atoms with Gasteiger partial charge in [-0.05, 0) is 45.7 Å². The zero-order valence-electron chi connectivity index (χ0n) is 12.3. The average molecular weight is 280 g/mol. The van der Waals surface area contributed by atoms with Gasteiger partial charge in [0.2, 0.25) is 5.91 Å². The van der Waals surface area contributed by atoms with Crippen molar-refractivity contribution in [2.45, 2.75) is 52.6 Å². The molecule has 1 fully saturated rings. The van der Waals surface area contributed by atoms with Crippen molar-refractivity contribution in [2.24, 2.45) is 0 Å². The van der Waals surface area contributed by atoms with Crippen LogP contribution in [0, 0.1) is 13.8 Å². The first-order chi connectivity index (χ1) is 8.97. The molecule has 1 aliphatic heterocycles. The van der Waals surface area contributed by atoms with Crippen LogP contribution in [0.1, 0.15) is 48.0 Å². The summed E-state index contributed by atoms with van der Waals surface area (Å²) in [5, 5.41) is 3.61. The van der Waals surface area contributed by atoms with E-state index in [4.69, 9.17) is 0 Å². The molecule has 0 saturated carbocycles. The molecular formula is C15H24N2OS. The number of nitrogens with one attached hydrogen (secondary N) is 1. The van der Waals surface area contributed by atoms with E-state index < -0.39 is 0 Å². The van der Waals surface area contributed by atoms with E-state index in [-0.39, 0.29) is 0 Å². The van der Waals surface area contributed by atoms with E-state index in [1.165, 1.54) is 15.3 Å². The fourth-order valence-electron chi connectivity index (χ4n) is 2.88. The number of carbonyl (C=O) groups excluding carboxylic acids is 1. The Kier molecular flexibility index (Phi) is 4.63. The van der Waals surface area contributed by atoms with Gasteiger partial charge in [-0.15, -0.1) is 11.3 Å². The predicted octanol–water partition coefficient (Wildman–Crippen LogP) is 3.03. The van der Waals surface area contributed by atoms with Crippen molar-refractivity contribution < 1.29 is 4.79 Å². The lowest BCUT2D eigenvalue weighted by Gasteiger charge is -2.25. The summed E-state index contributed by atoms with van der Waals surface area (Å²) in [5.74, 6) is 0.309. The number of aryl methyl sites for hydroxylation is 2. The number of hydrogen-bond donors (Lipinski definition) is 1. The fraction of sp³-hybridized carbons (Fsp3) is 0.667. The number of likely N-dealkylation sites (tertiary alicyclic amines) is 1. The lowest BCUT2D eigenvalue weighted by atomic mass is 10.1. The Bertz CT molecular complexity index is 455. The van der Waals surface area contributed by atoms with Gasteiger partial charge < -0.3 is 10.2 Å². The monoisotopic (exact) mass is 280 g/mol. The van der Waals surface area contributed by atoms with Crippen LogP contribution in [0.3, 0.4) is 0 Å². The first-order valence-electron chi connectivity index (χ1n) is 7.08. The van der Waals surface area contributed by atoms with Crippen molar-refractivity contribution in [1.82, 2.24) is 10.2 Å². The van der Waals surface area contributed by atoms with Gasteiger partial charge in [0.05, 0.1) is 0 Å². The second-order valence-corrected chi connectivity index (χ2v) is 7.06. The van der Waals surface area contributed by atoms with Gasteiger partial charge in [-0.25, -0.2) is 0 Å². The summed E-state index contributed by atoms with van der Waals surface area (Å²) in [6.45, 7) is 10.5. The smallest absolute Gasteiger partial charge is 0.222 e. The van der Waals surface area contributed by atoms with Gasteiger partial charge >= 0.3 is 0 Å². The molecule has 0 radical (unpaired) electrons. The first-order valence-corrected chi connectivity index (χ1v) is 7.89. The number of thiophene rings is 1. The standard InChI is InChI=1S/C15H24N2OS/c1-10(9-17-7-5-6-15(17)18)16-12(3)14-8-11(2)19-13(14)4/h8,10,12,16H,5-7,9H2,1-4H3. The average Bonchev–Trinajstić information content (AvgIpc) is 2.85. The van der Waals surface area contributed by atoms with E-state index in [2.05, 4.69) is 39.1 Å².